The highest BCUT2D eigenvalue weighted by Crippen LogP contribution is 2.30. The van der Waals surface area contributed by atoms with E-state index in [2.05, 4.69) is 5.10 Å². The summed E-state index contributed by atoms with van der Waals surface area (Å²) in [6, 6.07) is 3.34. The van der Waals surface area contributed by atoms with Gasteiger partial charge in [-0.2, -0.15) is 5.10 Å². The van der Waals surface area contributed by atoms with E-state index in [1.807, 2.05) is 6.92 Å². The average molecular weight is 251 g/mol. The zero-order valence-corrected chi connectivity index (χ0v) is 10.4. The van der Waals surface area contributed by atoms with Gasteiger partial charge < -0.3 is 5.73 Å². The van der Waals surface area contributed by atoms with E-state index < -0.39 is 11.6 Å². The first kappa shape index (κ1) is 12.5. The van der Waals surface area contributed by atoms with Gasteiger partial charge in [-0.1, -0.05) is 13.3 Å². The molecule has 2 aromatic rings. The van der Waals surface area contributed by atoms with E-state index >= 15 is 0 Å². The Morgan fingerprint density at radius 1 is 1.33 bits per heavy atom. The van der Waals surface area contributed by atoms with Crippen LogP contribution in [0.1, 0.15) is 18.9 Å². The lowest BCUT2D eigenvalue weighted by atomic mass is 10.0. The van der Waals surface area contributed by atoms with Gasteiger partial charge in [0.25, 0.3) is 0 Å². The molecule has 0 amide bonds. The highest BCUT2D eigenvalue weighted by atomic mass is 19.1. The maximum atomic E-state index is 13.8. The number of aromatic nitrogens is 2. The van der Waals surface area contributed by atoms with Crippen molar-refractivity contribution < 1.29 is 8.78 Å². The molecule has 0 fully saturated rings. The first-order valence-electron chi connectivity index (χ1n) is 5.81. The number of halogens is 2. The van der Waals surface area contributed by atoms with Gasteiger partial charge in [-0.25, -0.2) is 8.78 Å². The van der Waals surface area contributed by atoms with Crippen LogP contribution in [-0.2, 0) is 13.5 Å². The van der Waals surface area contributed by atoms with Crippen LogP contribution < -0.4 is 5.73 Å². The normalized spacial score (nSPS) is 10.9. The molecule has 96 valence electrons. The highest BCUT2D eigenvalue weighted by molar-refractivity contribution is 5.69. The zero-order chi connectivity index (χ0) is 13.3. The van der Waals surface area contributed by atoms with Crippen molar-refractivity contribution in [3.05, 3.63) is 35.4 Å². The molecule has 0 aliphatic heterocycles. The van der Waals surface area contributed by atoms with E-state index in [9.17, 15) is 8.78 Å². The Balaban J connectivity index is 2.63. The molecular formula is C13H15F2N3. The Labute approximate surface area is 104 Å². The minimum absolute atomic E-state index is 0.158. The van der Waals surface area contributed by atoms with Crippen LogP contribution in [0.4, 0.5) is 14.6 Å². The lowest BCUT2D eigenvalue weighted by Gasteiger charge is -2.03. The maximum Gasteiger partial charge on any atom is 0.132 e. The van der Waals surface area contributed by atoms with Gasteiger partial charge in [0.15, 0.2) is 0 Å². The van der Waals surface area contributed by atoms with Crippen molar-refractivity contribution in [3.8, 4) is 11.3 Å². The summed E-state index contributed by atoms with van der Waals surface area (Å²) < 4.78 is 28.5. The van der Waals surface area contributed by atoms with Crippen molar-refractivity contribution >= 4 is 5.82 Å². The van der Waals surface area contributed by atoms with Crippen LogP contribution in [0.25, 0.3) is 11.3 Å². The van der Waals surface area contributed by atoms with Gasteiger partial charge in [-0.05, 0) is 24.6 Å². The van der Waals surface area contributed by atoms with E-state index in [0.29, 0.717) is 17.9 Å². The molecule has 1 aromatic carbocycles. The Morgan fingerprint density at radius 2 is 2.06 bits per heavy atom. The average Bonchev–Trinajstić information content (AvgIpc) is 2.61. The first-order chi connectivity index (χ1) is 8.54. The van der Waals surface area contributed by atoms with E-state index in [1.165, 1.54) is 4.68 Å². The number of aryl methyl sites for hydroxylation is 1. The van der Waals surface area contributed by atoms with E-state index in [1.54, 1.807) is 7.05 Å². The van der Waals surface area contributed by atoms with Crippen molar-refractivity contribution in [1.29, 1.82) is 0 Å². The summed E-state index contributed by atoms with van der Waals surface area (Å²) in [5.41, 5.74) is 7.25. The standard InChI is InChI=1S/C13H15F2N3/c1-3-4-9-12(17-18(2)13(9)16)10-7-8(14)5-6-11(10)15/h5-7H,3-4,16H2,1-2H3. The molecule has 1 heterocycles. The fourth-order valence-corrected chi connectivity index (χ4v) is 1.97. The summed E-state index contributed by atoms with van der Waals surface area (Å²) >= 11 is 0. The number of benzene rings is 1. The summed E-state index contributed by atoms with van der Waals surface area (Å²) in [6.07, 6.45) is 1.55. The third-order valence-corrected chi connectivity index (χ3v) is 2.88. The fraction of sp³-hybridized carbons (Fsp3) is 0.308. The van der Waals surface area contributed by atoms with Crippen molar-refractivity contribution in [2.45, 2.75) is 19.8 Å². The maximum absolute atomic E-state index is 13.8. The summed E-state index contributed by atoms with van der Waals surface area (Å²) in [7, 11) is 1.69. The predicted octanol–water partition coefficient (Wildman–Crippen LogP) is 2.90. The predicted molar refractivity (Wildman–Crippen MR) is 67.0 cm³/mol. The molecule has 0 unspecified atom stereocenters. The summed E-state index contributed by atoms with van der Waals surface area (Å²) in [5.74, 6) is -0.486. The third-order valence-electron chi connectivity index (χ3n) is 2.88. The monoisotopic (exact) mass is 251 g/mol. The van der Waals surface area contributed by atoms with Gasteiger partial charge in [0.1, 0.15) is 23.1 Å². The van der Waals surface area contributed by atoms with E-state index in [0.717, 1.165) is 30.2 Å². The summed E-state index contributed by atoms with van der Waals surface area (Å²) in [5, 5.41) is 4.19. The van der Waals surface area contributed by atoms with Gasteiger partial charge >= 0.3 is 0 Å². The molecule has 0 aliphatic carbocycles. The molecule has 0 saturated carbocycles. The molecule has 18 heavy (non-hydrogen) atoms. The second kappa shape index (κ2) is 4.76. The molecule has 2 rings (SSSR count). The molecule has 0 atom stereocenters. The van der Waals surface area contributed by atoms with Crippen LogP contribution in [0.5, 0.6) is 0 Å². The molecule has 0 aliphatic rings. The molecule has 5 heteroatoms. The van der Waals surface area contributed by atoms with Crippen molar-refractivity contribution in [1.82, 2.24) is 9.78 Å². The van der Waals surface area contributed by atoms with Crippen LogP contribution in [0.2, 0.25) is 0 Å². The van der Waals surface area contributed by atoms with Crippen molar-refractivity contribution in [3.63, 3.8) is 0 Å². The molecule has 0 spiro atoms. The van der Waals surface area contributed by atoms with Crippen LogP contribution in [0, 0.1) is 11.6 Å². The quantitative estimate of drug-likeness (QED) is 0.911. The topological polar surface area (TPSA) is 43.8 Å². The molecule has 2 N–H and O–H groups in total. The van der Waals surface area contributed by atoms with Crippen LogP contribution in [0.15, 0.2) is 18.2 Å². The first-order valence-corrected chi connectivity index (χ1v) is 5.81. The van der Waals surface area contributed by atoms with Crippen LogP contribution in [-0.4, -0.2) is 9.78 Å². The van der Waals surface area contributed by atoms with Gasteiger partial charge in [0, 0.05) is 18.2 Å². The largest absolute Gasteiger partial charge is 0.384 e. The molecule has 0 saturated heterocycles. The number of nitrogens with zero attached hydrogens (tertiary/aromatic N) is 2. The van der Waals surface area contributed by atoms with Crippen LogP contribution in [0.3, 0.4) is 0 Å². The molecular weight excluding hydrogens is 236 g/mol. The summed E-state index contributed by atoms with van der Waals surface area (Å²) in [4.78, 5) is 0. The van der Waals surface area contributed by atoms with E-state index in [4.69, 9.17) is 5.73 Å². The van der Waals surface area contributed by atoms with Crippen molar-refractivity contribution in [2.24, 2.45) is 7.05 Å². The Hall–Kier alpha value is -1.91. The fourth-order valence-electron chi connectivity index (χ4n) is 1.97. The second-order valence-electron chi connectivity index (χ2n) is 4.21. The van der Waals surface area contributed by atoms with Gasteiger partial charge in [0.05, 0.1) is 0 Å². The van der Waals surface area contributed by atoms with Gasteiger partial charge in [-0.3, -0.25) is 4.68 Å². The number of hydrogen-bond acceptors (Lipinski definition) is 2. The molecule has 0 bridgehead atoms. The summed E-state index contributed by atoms with van der Waals surface area (Å²) in [6.45, 7) is 2.00. The molecule has 0 radical (unpaired) electrons. The minimum Gasteiger partial charge on any atom is -0.384 e. The second-order valence-corrected chi connectivity index (χ2v) is 4.21. The highest BCUT2D eigenvalue weighted by Gasteiger charge is 2.18. The number of nitrogen functional groups attached to an aromatic ring is 1. The van der Waals surface area contributed by atoms with E-state index in [-0.39, 0.29) is 5.56 Å². The number of rotatable bonds is 3. The number of hydrogen-bond donors (Lipinski definition) is 1. The van der Waals surface area contributed by atoms with Gasteiger partial charge in [-0.15, -0.1) is 0 Å². The smallest absolute Gasteiger partial charge is 0.132 e. The third kappa shape index (κ3) is 2.08. The number of nitrogens with two attached hydrogens (primary N) is 1. The Bertz CT molecular complexity index is 576. The Morgan fingerprint density at radius 3 is 2.72 bits per heavy atom. The Kier molecular flexibility index (Phi) is 3.32. The number of anilines is 1. The van der Waals surface area contributed by atoms with Crippen molar-refractivity contribution in [2.75, 3.05) is 5.73 Å². The molecule has 1 aromatic heterocycles. The van der Waals surface area contributed by atoms with Crippen LogP contribution >= 0.6 is 0 Å². The lowest BCUT2D eigenvalue weighted by Crippen LogP contribution is -1.99. The minimum atomic E-state index is -0.494. The molecule has 3 nitrogen and oxygen atoms in total. The zero-order valence-electron chi connectivity index (χ0n) is 10.4. The van der Waals surface area contributed by atoms with Gasteiger partial charge in [0.2, 0.25) is 0 Å². The SMILES string of the molecule is CCCc1c(-c2cc(F)ccc2F)nn(C)c1N. The lowest BCUT2D eigenvalue weighted by molar-refractivity contribution is 0.602.